The van der Waals surface area contributed by atoms with Gasteiger partial charge in [-0.25, -0.2) is 8.42 Å². The van der Waals surface area contributed by atoms with E-state index in [0.717, 1.165) is 27.8 Å². The first kappa shape index (κ1) is 26.7. The molecule has 0 bridgehead atoms. The summed E-state index contributed by atoms with van der Waals surface area (Å²) in [6.07, 6.45) is 3.51. The third-order valence-electron chi connectivity index (χ3n) is 6.10. The average Bonchev–Trinajstić information content (AvgIpc) is 2.92. The van der Waals surface area contributed by atoms with Crippen LogP contribution in [0.3, 0.4) is 0 Å². The molecular formula is C28H34N6O2S. The van der Waals surface area contributed by atoms with Crippen molar-refractivity contribution < 1.29 is 8.42 Å². The van der Waals surface area contributed by atoms with E-state index in [1.807, 2.05) is 85.7 Å². The molecule has 0 radical (unpaired) electrons. The molecule has 2 aromatic heterocycles. The fourth-order valence-corrected chi connectivity index (χ4v) is 5.86. The molecule has 4 rings (SSSR count). The van der Waals surface area contributed by atoms with Gasteiger partial charge in [-0.2, -0.15) is 4.31 Å². The molecule has 0 aliphatic heterocycles. The molecule has 2 N–H and O–H groups in total. The van der Waals surface area contributed by atoms with E-state index in [1.165, 1.54) is 0 Å². The maximum Gasteiger partial charge on any atom is 0.243 e. The molecule has 0 aliphatic carbocycles. The average molecular weight is 519 g/mol. The van der Waals surface area contributed by atoms with Crippen molar-refractivity contribution in [2.24, 2.45) is 0 Å². The van der Waals surface area contributed by atoms with Crippen LogP contribution >= 0.6 is 0 Å². The van der Waals surface area contributed by atoms with Crippen LogP contribution in [0.25, 0.3) is 10.8 Å². The van der Waals surface area contributed by atoms with Crippen LogP contribution in [0, 0.1) is 0 Å². The Labute approximate surface area is 219 Å². The Hall–Kier alpha value is -3.37. The molecule has 2 heterocycles. The fourth-order valence-electron chi connectivity index (χ4n) is 4.22. The van der Waals surface area contributed by atoms with Crippen LogP contribution in [0.5, 0.6) is 0 Å². The molecule has 2 aromatic carbocycles. The van der Waals surface area contributed by atoms with Gasteiger partial charge >= 0.3 is 0 Å². The second-order valence-corrected chi connectivity index (χ2v) is 10.8. The number of hydrogen-bond donors (Lipinski definition) is 2. The van der Waals surface area contributed by atoms with Crippen molar-refractivity contribution in [1.29, 1.82) is 0 Å². The molecule has 0 atom stereocenters. The predicted octanol–water partition coefficient (Wildman–Crippen LogP) is 3.27. The molecule has 0 saturated heterocycles. The van der Waals surface area contributed by atoms with Gasteiger partial charge in [-0.05, 0) is 36.4 Å². The van der Waals surface area contributed by atoms with Crippen molar-refractivity contribution in [3.8, 4) is 0 Å². The minimum atomic E-state index is -3.76. The summed E-state index contributed by atoms with van der Waals surface area (Å²) in [7, 11) is 0.165. The monoisotopic (exact) mass is 518 g/mol. The quantitative estimate of drug-likeness (QED) is 0.263. The van der Waals surface area contributed by atoms with E-state index in [0.29, 0.717) is 44.2 Å². The van der Waals surface area contributed by atoms with Crippen molar-refractivity contribution in [3.63, 3.8) is 0 Å². The summed E-state index contributed by atoms with van der Waals surface area (Å²) in [6.45, 7) is 2.84. The number of anilines is 1. The summed E-state index contributed by atoms with van der Waals surface area (Å²) in [4.78, 5) is 11.0. The lowest BCUT2D eigenvalue weighted by atomic mass is 10.1. The Bertz CT molecular complexity index is 1330. The molecule has 4 aromatic rings. The van der Waals surface area contributed by atoms with E-state index >= 15 is 0 Å². The summed E-state index contributed by atoms with van der Waals surface area (Å²) in [5, 5.41) is 8.29. The number of aromatic nitrogens is 2. The lowest BCUT2D eigenvalue weighted by molar-refractivity contribution is 0.397. The highest BCUT2D eigenvalue weighted by atomic mass is 32.2. The van der Waals surface area contributed by atoms with Crippen LogP contribution in [0.2, 0.25) is 0 Å². The number of benzene rings is 2. The second-order valence-electron chi connectivity index (χ2n) is 8.92. The van der Waals surface area contributed by atoms with Crippen molar-refractivity contribution in [3.05, 3.63) is 96.6 Å². The zero-order valence-electron chi connectivity index (χ0n) is 21.3. The number of pyridine rings is 2. The molecule has 0 amide bonds. The molecule has 0 unspecified atom stereocenters. The van der Waals surface area contributed by atoms with E-state index in [-0.39, 0.29) is 0 Å². The third kappa shape index (κ3) is 6.90. The summed E-state index contributed by atoms with van der Waals surface area (Å²) in [5.41, 5.74) is 2.81. The Morgan fingerprint density at radius 3 is 1.81 bits per heavy atom. The van der Waals surface area contributed by atoms with Gasteiger partial charge in [0.2, 0.25) is 10.0 Å². The summed E-state index contributed by atoms with van der Waals surface area (Å²) in [6, 6.07) is 22.8. The van der Waals surface area contributed by atoms with E-state index in [2.05, 4.69) is 20.6 Å². The largest absolute Gasteiger partial charge is 0.377 e. The highest BCUT2D eigenvalue weighted by Gasteiger charge is 2.26. The number of rotatable bonds is 13. The Kier molecular flexibility index (Phi) is 9.19. The smallest absolute Gasteiger partial charge is 0.243 e. The van der Waals surface area contributed by atoms with Crippen LogP contribution in [0.4, 0.5) is 5.69 Å². The van der Waals surface area contributed by atoms with Gasteiger partial charge in [0.15, 0.2) is 0 Å². The fraction of sp³-hybridized carbons (Fsp3) is 0.286. The summed E-state index contributed by atoms with van der Waals surface area (Å²) in [5.74, 6) is 0. The van der Waals surface area contributed by atoms with Crippen LogP contribution in [-0.4, -0.2) is 63.0 Å². The van der Waals surface area contributed by atoms with Crippen molar-refractivity contribution >= 4 is 26.5 Å². The van der Waals surface area contributed by atoms with Gasteiger partial charge in [-0.1, -0.05) is 36.4 Å². The van der Waals surface area contributed by atoms with E-state index in [9.17, 15) is 8.42 Å². The zero-order chi connectivity index (χ0) is 26.1. The zero-order valence-corrected chi connectivity index (χ0v) is 22.2. The van der Waals surface area contributed by atoms with Gasteiger partial charge < -0.3 is 15.5 Å². The first-order valence-electron chi connectivity index (χ1n) is 12.4. The first-order chi connectivity index (χ1) is 18.0. The predicted molar refractivity (Wildman–Crippen MR) is 149 cm³/mol. The molecule has 9 heteroatoms. The Morgan fingerprint density at radius 2 is 1.27 bits per heavy atom. The standard InChI is InChI=1S/C28H34N6O2S/c1-33(2)27-13-7-12-26-25(27)11-8-14-28(26)37(35,36)34(19-17-29-21-23-9-3-5-15-31-23)20-18-30-22-24-10-4-6-16-32-24/h3-16,29-30H,17-22H2,1-2H3. The first-order valence-corrected chi connectivity index (χ1v) is 13.8. The van der Waals surface area contributed by atoms with Crippen molar-refractivity contribution in [1.82, 2.24) is 24.9 Å². The number of nitrogens with one attached hydrogen (secondary N) is 2. The number of hydrogen-bond acceptors (Lipinski definition) is 7. The molecule has 194 valence electrons. The van der Waals surface area contributed by atoms with E-state index in [4.69, 9.17) is 0 Å². The molecular weight excluding hydrogens is 484 g/mol. The maximum atomic E-state index is 14.0. The van der Waals surface area contributed by atoms with Crippen molar-refractivity contribution in [2.75, 3.05) is 45.2 Å². The lowest BCUT2D eigenvalue weighted by Crippen LogP contribution is -2.40. The van der Waals surface area contributed by atoms with Gasteiger partial charge in [-0.15, -0.1) is 0 Å². The molecule has 0 aliphatic rings. The van der Waals surface area contributed by atoms with E-state index < -0.39 is 10.0 Å². The highest BCUT2D eigenvalue weighted by Crippen LogP contribution is 2.31. The lowest BCUT2D eigenvalue weighted by Gasteiger charge is -2.24. The van der Waals surface area contributed by atoms with Gasteiger partial charge in [0.1, 0.15) is 0 Å². The minimum Gasteiger partial charge on any atom is -0.377 e. The van der Waals surface area contributed by atoms with Gasteiger partial charge in [0.05, 0.1) is 16.3 Å². The minimum absolute atomic E-state index is 0.322. The van der Waals surface area contributed by atoms with Gasteiger partial charge in [0.25, 0.3) is 0 Å². The molecule has 0 saturated carbocycles. The van der Waals surface area contributed by atoms with Crippen LogP contribution in [0.1, 0.15) is 11.4 Å². The molecule has 0 fully saturated rings. The number of sulfonamides is 1. The topological polar surface area (TPSA) is 90.5 Å². The highest BCUT2D eigenvalue weighted by molar-refractivity contribution is 7.89. The van der Waals surface area contributed by atoms with Crippen LogP contribution < -0.4 is 15.5 Å². The third-order valence-corrected chi connectivity index (χ3v) is 8.06. The Morgan fingerprint density at radius 1 is 0.703 bits per heavy atom. The summed E-state index contributed by atoms with van der Waals surface area (Å²) >= 11 is 0. The normalized spacial score (nSPS) is 11.8. The van der Waals surface area contributed by atoms with Crippen molar-refractivity contribution in [2.45, 2.75) is 18.0 Å². The van der Waals surface area contributed by atoms with Gasteiger partial charge in [0, 0.05) is 82.2 Å². The molecule has 8 nitrogen and oxygen atoms in total. The molecule has 0 spiro atoms. The molecule has 37 heavy (non-hydrogen) atoms. The van der Waals surface area contributed by atoms with Gasteiger partial charge in [-0.3, -0.25) is 9.97 Å². The second kappa shape index (κ2) is 12.7. The maximum absolute atomic E-state index is 14.0. The van der Waals surface area contributed by atoms with Crippen LogP contribution in [0.15, 0.2) is 90.1 Å². The number of fused-ring (bicyclic) bond motifs is 1. The summed E-state index contributed by atoms with van der Waals surface area (Å²) < 4.78 is 29.5. The number of nitrogens with zero attached hydrogens (tertiary/aromatic N) is 4. The SMILES string of the molecule is CN(C)c1cccc2c(S(=O)(=O)N(CCNCc3ccccn3)CCNCc3ccccn3)cccc12. The van der Waals surface area contributed by atoms with E-state index in [1.54, 1.807) is 22.8 Å². The van der Waals surface area contributed by atoms with Crippen LogP contribution in [-0.2, 0) is 23.1 Å². The Balaban J connectivity index is 1.52.